The van der Waals surface area contributed by atoms with Crippen molar-refractivity contribution < 1.29 is 9.53 Å². The second-order valence-electron chi connectivity index (χ2n) is 4.80. The van der Waals surface area contributed by atoms with E-state index in [0.717, 1.165) is 30.0 Å². The van der Waals surface area contributed by atoms with Crippen molar-refractivity contribution in [3.05, 3.63) is 23.9 Å². The van der Waals surface area contributed by atoms with E-state index in [0.29, 0.717) is 12.2 Å². The van der Waals surface area contributed by atoms with E-state index >= 15 is 0 Å². The first-order valence-corrected chi connectivity index (χ1v) is 7.15. The fourth-order valence-electron chi connectivity index (χ4n) is 1.88. The van der Waals surface area contributed by atoms with Crippen LogP contribution in [-0.4, -0.2) is 23.8 Å². The van der Waals surface area contributed by atoms with Crippen LogP contribution in [0.3, 0.4) is 0 Å². The van der Waals surface area contributed by atoms with Gasteiger partial charge >= 0.3 is 5.97 Å². The van der Waals surface area contributed by atoms with Crippen molar-refractivity contribution in [2.45, 2.75) is 25.0 Å². The molecule has 1 heterocycles. The maximum absolute atomic E-state index is 11.3. The van der Waals surface area contributed by atoms with Gasteiger partial charge in [-0.3, -0.25) is 4.79 Å². The Bertz CT molecular complexity index is 433. The molecule has 1 fully saturated rings. The molecule has 0 unspecified atom stereocenters. The van der Waals surface area contributed by atoms with Crippen LogP contribution in [0.5, 0.6) is 0 Å². The molecule has 0 radical (unpaired) electrons. The van der Waals surface area contributed by atoms with Gasteiger partial charge in [0.05, 0.1) is 19.2 Å². The molecule has 1 saturated carbocycles. The van der Waals surface area contributed by atoms with Crippen LogP contribution in [0, 0.1) is 5.41 Å². The van der Waals surface area contributed by atoms with Gasteiger partial charge in [0, 0.05) is 5.75 Å². The van der Waals surface area contributed by atoms with E-state index in [4.69, 9.17) is 10.5 Å². The number of carbonyl (C=O) groups excluding carboxylic acids is 1. The Balaban J connectivity index is 1.77. The van der Waals surface area contributed by atoms with Crippen LogP contribution < -0.4 is 5.73 Å². The average Bonchev–Trinajstić information content (AvgIpc) is 3.09. The van der Waals surface area contributed by atoms with Gasteiger partial charge in [-0.2, -0.15) is 11.8 Å². The molecule has 0 atom stereocenters. The number of thioether (sulfide) groups is 1. The summed E-state index contributed by atoms with van der Waals surface area (Å²) in [6.45, 7) is 0. The zero-order valence-corrected chi connectivity index (χ0v) is 11.3. The van der Waals surface area contributed by atoms with Crippen LogP contribution in [0.25, 0.3) is 0 Å². The lowest BCUT2D eigenvalue weighted by Crippen LogP contribution is -2.13. The predicted octanol–water partition coefficient (Wildman–Crippen LogP) is 2.24. The average molecular weight is 266 g/mol. The number of carbonyl (C=O) groups is 1. The minimum atomic E-state index is -0.102. The van der Waals surface area contributed by atoms with Crippen LogP contribution in [-0.2, 0) is 15.3 Å². The number of hydrogen-bond acceptors (Lipinski definition) is 5. The monoisotopic (exact) mass is 266 g/mol. The number of anilines is 1. The zero-order valence-electron chi connectivity index (χ0n) is 10.5. The van der Waals surface area contributed by atoms with Gasteiger partial charge in [-0.25, -0.2) is 4.98 Å². The van der Waals surface area contributed by atoms with Gasteiger partial charge in [0.2, 0.25) is 0 Å². The highest BCUT2D eigenvalue weighted by atomic mass is 32.2. The molecule has 1 aliphatic rings. The van der Waals surface area contributed by atoms with E-state index in [1.165, 1.54) is 7.11 Å². The second kappa shape index (κ2) is 5.61. The summed E-state index contributed by atoms with van der Waals surface area (Å²) in [5.41, 5.74) is 6.80. The van der Waals surface area contributed by atoms with Gasteiger partial charge in [-0.1, -0.05) is 6.07 Å². The third kappa shape index (κ3) is 3.63. The zero-order chi connectivity index (χ0) is 13.0. The summed E-state index contributed by atoms with van der Waals surface area (Å²) in [6, 6.07) is 5.68. The Morgan fingerprint density at radius 3 is 2.94 bits per heavy atom. The molecular weight excluding hydrogens is 248 g/mol. The summed E-state index contributed by atoms with van der Waals surface area (Å²) in [5.74, 6) is 2.28. The van der Waals surface area contributed by atoms with Gasteiger partial charge < -0.3 is 10.5 Å². The minimum absolute atomic E-state index is 0.102. The Morgan fingerprint density at radius 1 is 1.56 bits per heavy atom. The van der Waals surface area contributed by atoms with Crippen molar-refractivity contribution in [1.29, 1.82) is 0 Å². The van der Waals surface area contributed by atoms with Crippen molar-refractivity contribution in [3.8, 4) is 0 Å². The van der Waals surface area contributed by atoms with Gasteiger partial charge in [0.25, 0.3) is 0 Å². The highest BCUT2D eigenvalue weighted by Crippen LogP contribution is 2.51. The maximum atomic E-state index is 11.3. The molecule has 0 bridgehead atoms. The summed E-state index contributed by atoms with van der Waals surface area (Å²) in [4.78, 5) is 15.5. The lowest BCUT2D eigenvalue weighted by atomic mass is 10.1. The van der Waals surface area contributed by atoms with Crippen molar-refractivity contribution >= 4 is 23.5 Å². The molecule has 1 aromatic rings. The van der Waals surface area contributed by atoms with Crippen molar-refractivity contribution in [1.82, 2.24) is 4.98 Å². The first-order chi connectivity index (χ1) is 8.63. The Kier molecular flexibility index (Phi) is 4.11. The number of nitrogens with two attached hydrogens (primary N) is 1. The lowest BCUT2D eigenvalue weighted by molar-refractivity contribution is -0.141. The molecule has 0 spiro atoms. The normalized spacial score (nSPS) is 16.3. The fraction of sp³-hybridized carbons (Fsp3) is 0.538. The molecule has 98 valence electrons. The number of aromatic nitrogens is 1. The molecule has 2 rings (SSSR count). The van der Waals surface area contributed by atoms with E-state index in [2.05, 4.69) is 4.98 Å². The molecule has 0 aromatic carbocycles. The molecule has 1 aromatic heterocycles. The first-order valence-electron chi connectivity index (χ1n) is 6.00. The molecule has 0 saturated heterocycles. The van der Waals surface area contributed by atoms with Gasteiger partial charge in [-0.05, 0) is 36.1 Å². The number of esters is 1. The van der Waals surface area contributed by atoms with Crippen LogP contribution in [0.1, 0.15) is 25.0 Å². The molecule has 1 aliphatic carbocycles. The smallest absolute Gasteiger partial charge is 0.306 e. The summed E-state index contributed by atoms with van der Waals surface area (Å²) < 4.78 is 4.73. The number of methoxy groups -OCH3 is 1. The van der Waals surface area contributed by atoms with Crippen molar-refractivity contribution in [3.63, 3.8) is 0 Å². The number of nitrogen functional groups attached to an aromatic ring is 1. The summed E-state index contributed by atoms with van der Waals surface area (Å²) in [6.07, 6.45) is 2.79. The highest BCUT2D eigenvalue weighted by Gasteiger charge is 2.44. The van der Waals surface area contributed by atoms with E-state index in [9.17, 15) is 4.79 Å². The Morgan fingerprint density at radius 2 is 2.33 bits per heavy atom. The SMILES string of the molecule is COC(=O)CC1(CSCc2cccc(N)n2)CC1. The van der Waals surface area contributed by atoms with Gasteiger partial charge in [0.1, 0.15) is 5.82 Å². The molecule has 0 amide bonds. The minimum Gasteiger partial charge on any atom is -0.469 e. The van der Waals surface area contributed by atoms with Gasteiger partial charge in [0.15, 0.2) is 0 Å². The topological polar surface area (TPSA) is 65.2 Å². The quantitative estimate of drug-likeness (QED) is 0.800. The number of pyridine rings is 1. The van der Waals surface area contributed by atoms with Crippen molar-refractivity contribution in [2.24, 2.45) is 5.41 Å². The highest BCUT2D eigenvalue weighted by molar-refractivity contribution is 7.98. The summed E-state index contributed by atoms with van der Waals surface area (Å²) >= 11 is 1.81. The molecule has 2 N–H and O–H groups in total. The van der Waals surface area contributed by atoms with Gasteiger partial charge in [-0.15, -0.1) is 0 Å². The Labute approximate surface area is 111 Å². The standard InChI is InChI=1S/C13H18N2O2S/c1-17-12(16)7-13(5-6-13)9-18-8-10-3-2-4-11(14)15-10/h2-4H,5-9H2,1H3,(H2,14,15). The van der Waals surface area contributed by atoms with Crippen LogP contribution >= 0.6 is 11.8 Å². The number of hydrogen-bond donors (Lipinski definition) is 1. The third-order valence-electron chi connectivity index (χ3n) is 3.19. The lowest BCUT2D eigenvalue weighted by Gasteiger charge is -2.12. The van der Waals surface area contributed by atoms with E-state index in [1.807, 2.05) is 23.9 Å². The van der Waals surface area contributed by atoms with Crippen LogP contribution in [0.4, 0.5) is 5.82 Å². The molecular formula is C13H18N2O2S. The summed E-state index contributed by atoms with van der Waals surface area (Å²) in [5, 5.41) is 0. The van der Waals surface area contributed by atoms with Crippen LogP contribution in [0.15, 0.2) is 18.2 Å². The fourth-order valence-corrected chi connectivity index (χ4v) is 3.17. The van der Waals surface area contributed by atoms with E-state index in [1.54, 1.807) is 6.07 Å². The van der Waals surface area contributed by atoms with E-state index in [-0.39, 0.29) is 11.4 Å². The largest absolute Gasteiger partial charge is 0.469 e. The number of ether oxygens (including phenoxy) is 1. The molecule has 18 heavy (non-hydrogen) atoms. The number of rotatable bonds is 6. The molecule has 0 aliphatic heterocycles. The number of nitrogens with zero attached hydrogens (tertiary/aromatic N) is 1. The predicted molar refractivity (Wildman–Crippen MR) is 73.1 cm³/mol. The van der Waals surface area contributed by atoms with Crippen LogP contribution in [0.2, 0.25) is 0 Å². The summed E-state index contributed by atoms with van der Waals surface area (Å²) in [7, 11) is 1.45. The maximum Gasteiger partial charge on any atom is 0.306 e. The second-order valence-corrected chi connectivity index (χ2v) is 5.79. The first kappa shape index (κ1) is 13.2. The van der Waals surface area contributed by atoms with E-state index < -0.39 is 0 Å². The van der Waals surface area contributed by atoms with Crippen molar-refractivity contribution in [2.75, 3.05) is 18.6 Å². The Hall–Kier alpha value is -1.23. The third-order valence-corrected chi connectivity index (χ3v) is 4.51. The molecule has 5 heteroatoms. The molecule has 4 nitrogen and oxygen atoms in total.